The van der Waals surface area contributed by atoms with Gasteiger partial charge in [-0.1, -0.05) is 26.8 Å². The average Bonchev–Trinajstić information content (AvgIpc) is 3.37. The SMILES string of the molecule is CCc1c(C)c(-c2[nH]c3ccc(C4CCNCC4)cc3c2C(C)C)cn2ccnc12. The third-order valence-electron chi connectivity index (χ3n) is 6.94. The lowest BCUT2D eigenvalue weighted by molar-refractivity contribution is 0.460. The number of H-pyrrole nitrogens is 1. The summed E-state index contributed by atoms with van der Waals surface area (Å²) < 4.78 is 2.18. The number of aromatic amines is 1. The molecule has 1 aliphatic rings. The van der Waals surface area contributed by atoms with E-state index in [0.29, 0.717) is 11.8 Å². The Balaban J connectivity index is 1.72. The van der Waals surface area contributed by atoms with E-state index in [1.54, 1.807) is 0 Å². The van der Waals surface area contributed by atoms with E-state index >= 15 is 0 Å². The number of pyridine rings is 1. The van der Waals surface area contributed by atoms with Crippen LogP contribution < -0.4 is 5.32 Å². The number of benzene rings is 1. The van der Waals surface area contributed by atoms with Crippen LogP contribution in [-0.2, 0) is 6.42 Å². The second-order valence-corrected chi connectivity index (χ2v) is 9.06. The number of nitrogens with zero attached hydrogens (tertiary/aromatic N) is 2. The highest BCUT2D eigenvalue weighted by molar-refractivity contribution is 5.92. The molecule has 4 heterocycles. The number of aromatic nitrogens is 3. The molecule has 0 saturated carbocycles. The summed E-state index contributed by atoms with van der Waals surface area (Å²) in [5.41, 5.74) is 10.5. The topological polar surface area (TPSA) is 45.1 Å². The van der Waals surface area contributed by atoms with Gasteiger partial charge in [-0.15, -0.1) is 0 Å². The zero-order chi connectivity index (χ0) is 20.8. The molecule has 0 spiro atoms. The van der Waals surface area contributed by atoms with Gasteiger partial charge in [-0.25, -0.2) is 4.98 Å². The molecule has 1 saturated heterocycles. The van der Waals surface area contributed by atoms with Crippen molar-refractivity contribution < 1.29 is 0 Å². The summed E-state index contributed by atoms with van der Waals surface area (Å²) in [4.78, 5) is 8.39. The smallest absolute Gasteiger partial charge is 0.140 e. The molecule has 0 aliphatic carbocycles. The van der Waals surface area contributed by atoms with Gasteiger partial charge in [-0.2, -0.15) is 0 Å². The van der Waals surface area contributed by atoms with E-state index in [1.165, 1.54) is 57.3 Å². The van der Waals surface area contributed by atoms with Gasteiger partial charge in [0, 0.05) is 35.1 Å². The minimum absolute atomic E-state index is 0.444. The van der Waals surface area contributed by atoms with Crippen LogP contribution in [0, 0.1) is 6.92 Å². The van der Waals surface area contributed by atoms with E-state index in [9.17, 15) is 0 Å². The number of imidazole rings is 1. The highest BCUT2D eigenvalue weighted by Gasteiger charge is 2.22. The summed E-state index contributed by atoms with van der Waals surface area (Å²) in [5.74, 6) is 1.12. The third-order valence-corrected chi connectivity index (χ3v) is 6.94. The van der Waals surface area contributed by atoms with E-state index in [1.807, 2.05) is 6.20 Å². The normalized spacial score (nSPS) is 15.6. The molecule has 2 N–H and O–H groups in total. The van der Waals surface area contributed by atoms with Crippen LogP contribution in [0.5, 0.6) is 0 Å². The number of hydrogen-bond acceptors (Lipinski definition) is 2. The Morgan fingerprint density at radius 3 is 2.73 bits per heavy atom. The standard InChI is InChI=1S/C26H32N4/c1-5-20-17(4)22(15-30-13-12-28-26(20)30)25-24(16(2)3)21-14-19(6-7-23(21)29-25)18-8-10-27-11-9-18/h6-7,12-16,18,27,29H,5,8-11H2,1-4H3. The molecule has 5 rings (SSSR count). The molecule has 1 aromatic carbocycles. The molecule has 0 amide bonds. The predicted octanol–water partition coefficient (Wildman–Crippen LogP) is 5.94. The number of piperidine rings is 1. The largest absolute Gasteiger partial charge is 0.354 e. The number of nitrogens with one attached hydrogen (secondary N) is 2. The fourth-order valence-corrected chi connectivity index (χ4v) is 5.34. The van der Waals surface area contributed by atoms with Crippen molar-refractivity contribution in [3.63, 3.8) is 0 Å². The molecule has 4 nitrogen and oxygen atoms in total. The zero-order valence-corrected chi connectivity index (χ0v) is 18.5. The number of rotatable bonds is 4. The van der Waals surface area contributed by atoms with E-state index in [0.717, 1.165) is 25.2 Å². The molecule has 1 fully saturated rings. The van der Waals surface area contributed by atoms with Crippen molar-refractivity contribution in [2.24, 2.45) is 0 Å². The highest BCUT2D eigenvalue weighted by Crippen LogP contribution is 2.39. The molecular weight excluding hydrogens is 368 g/mol. The van der Waals surface area contributed by atoms with Crippen molar-refractivity contribution in [3.05, 3.63) is 59.0 Å². The minimum Gasteiger partial charge on any atom is -0.354 e. The van der Waals surface area contributed by atoms with Crippen molar-refractivity contribution in [1.82, 2.24) is 19.7 Å². The van der Waals surface area contributed by atoms with E-state index in [2.05, 4.69) is 78.0 Å². The van der Waals surface area contributed by atoms with Gasteiger partial charge in [-0.05, 0) is 85.5 Å². The van der Waals surface area contributed by atoms with Gasteiger partial charge in [0.25, 0.3) is 0 Å². The van der Waals surface area contributed by atoms with Crippen molar-refractivity contribution >= 4 is 16.6 Å². The Hall–Kier alpha value is -2.59. The van der Waals surface area contributed by atoms with E-state index in [-0.39, 0.29) is 0 Å². The van der Waals surface area contributed by atoms with Crippen molar-refractivity contribution in [2.45, 2.75) is 58.8 Å². The molecule has 4 heteroatoms. The highest BCUT2D eigenvalue weighted by atomic mass is 15.0. The minimum atomic E-state index is 0.444. The van der Waals surface area contributed by atoms with Crippen LogP contribution in [0.2, 0.25) is 0 Å². The number of hydrogen-bond donors (Lipinski definition) is 2. The zero-order valence-electron chi connectivity index (χ0n) is 18.5. The third kappa shape index (κ3) is 3.05. The Labute approximate surface area is 178 Å². The molecule has 4 aromatic rings. The molecule has 0 bridgehead atoms. The maximum absolute atomic E-state index is 4.60. The second kappa shape index (κ2) is 7.59. The number of fused-ring (bicyclic) bond motifs is 2. The summed E-state index contributed by atoms with van der Waals surface area (Å²) in [5, 5.41) is 4.88. The van der Waals surface area contributed by atoms with Crippen LogP contribution in [0.1, 0.15) is 67.7 Å². The summed E-state index contributed by atoms with van der Waals surface area (Å²) in [7, 11) is 0. The average molecular weight is 401 g/mol. The quantitative estimate of drug-likeness (QED) is 0.445. The van der Waals surface area contributed by atoms with Crippen LogP contribution in [0.15, 0.2) is 36.8 Å². The molecule has 1 aliphatic heterocycles. The fourth-order valence-electron chi connectivity index (χ4n) is 5.34. The molecule has 0 unspecified atom stereocenters. The molecule has 0 atom stereocenters. The first-order valence-electron chi connectivity index (χ1n) is 11.4. The lowest BCUT2D eigenvalue weighted by atomic mass is 9.88. The lowest BCUT2D eigenvalue weighted by Gasteiger charge is -2.23. The van der Waals surface area contributed by atoms with Gasteiger partial charge < -0.3 is 14.7 Å². The first kappa shape index (κ1) is 19.4. The summed E-state index contributed by atoms with van der Waals surface area (Å²) in [6.45, 7) is 11.4. The maximum Gasteiger partial charge on any atom is 0.140 e. The number of aryl methyl sites for hydroxylation is 1. The van der Waals surface area contributed by atoms with Gasteiger partial charge in [0.15, 0.2) is 0 Å². The van der Waals surface area contributed by atoms with E-state index in [4.69, 9.17) is 0 Å². The van der Waals surface area contributed by atoms with Crippen LogP contribution in [0.4, 0.5) is 0 Å². The van der Waals surface area contributed by atoms with Crippen LogP contribution >= 0.6 is 0 Å². The Bertz CT molecular complexity index is 1200. The van der Waals surface area contributed by atoms with Crippen molar-refractivity contribution in [3.8, 4) is 11.3 Å². The Morgan fingerprint density at radius 2 is 2.00 bits per heavy atom. The Morgan fingerprint density at radius 1 is 1.20 bits per heavy atom. The first-order valence-corrected chi connectivity index (χ1v) is 11.4. The molecular formula is C26H32N4. The van der Waals surface area contributed by atoms with Gasteiger partial charge in [-0.3, -0.25) is 0 Å². The maximum atomic E-state index is 4.60. The summed E-state index contributed by atoms with van der Waals surface area (Å²) in [6.07, 6.45) is 9.66. The van der Waals surface area contributed by atoms with Crippen molar-refractivity contribution in [1.29, 1.82) is 0 Å². The van der Waals surface area contributed by atoms with Gasteiger partial charge >= 0.3 is 0 Å². The molecule has 0 radical (unpaired) electrons. The molecule has 3 aromatic heterocycles. The monoisotopic (exact) mass is 400 g/mol. The molecule has 156 valence electrons. The summed E-state index contributed by atoms with van der Waals surface area (Å²) >= 11 is 0. The van der Waals surface area contributed by atoms with Gasteiger partial charge in [0.05, 0.1) is 5.69 Å². The fraction of sp³-hybridized carbons (Fsp3) is 0.423. The Kier molecular flexibility index (Phi) is 4.90. The lowest BCUT2D eigenvalue weighted by Crippen LogP contribution is -2.26. The predicted molar refractivity (Wildman–Crippen MR) is 126 cm³/mol. The summed E-state index contributed by atoms with van der Waals surface area (Å²) in [6, 6.07) is 7.10. The first-order chi connectivity index (χ1) is 14.6. The van der Waals surface area contributed by atoms with Gasteiger partial charge in [0.2, 0.25) is 0 Å². The van der Waals surface area contributed by atoms with Crippen LogP contribution in [0.25, 0.3) is 27.8 Å². The second-order valence-electron chi connectivity index (χ2n) is 9.06. The van der Waals surface area contributed by atoms with Crippen LogP contribution in [-0.4, -0.2) is 27.5 Å². The van der Waals surface area contributed by atoms with E-state index < -0.39 is 0 Å². The van der Waals surface area contributed by atoms with Crippen molar-refractivity contribution in [2.75, 3.05) is 13.1 Å². The molecule has 30 heavy (non-hydrogen) atoms. The van der Waals surface area contributed by atoms with Gasteiger partial charge in [0.1, 0.15) is 5.65 Å². The van der Waals surface area contributed by atoms with Crippen LogP contribution in [0.3, 0.4) is 0 Å².